The molecule has 6 N–H and O–H groups in total. The van der Waals surface area contributed by atoms with Gasteiger partial charge in [-0.1, -0.05) is 6.07 Å². The highest BCUT2D eigenvalue weighted by molar-refractivity contribution is 5.99. The highest BCUT2D eigenvalue weighted by Crippen LogP contribution is 2.36. The van der Waals surface area contributed by atoms with E-state index in [-0.39, 0.29) is 23.1 Å². The van der Waals surface area contributed by atoms with Crippen molar-refractivity contribution in [2.75, 3.05) is 38.7 Å². The van der Waals surface area contributed by atoms with Crippen molar-refractivity contribution in [2.24, 2.45) is 17.5 Å². The second kappa shape index (κ2) is 10.1. The standard InChI is InChI=1S/C22H31FN6O4/c1-28(25)13-16(24)19(30)27-22(8-9-22)21(32)26-12-14-6-10-29(11-7-14)17-5-3-4-15(23)18(17)20(31)33-2/h3-5,13-14H,6-12,24-25H2,1-2H3,(H,26,32)(H,27,30)/b16-13-. The third kappa shape index (κ3) is 5.72. The molecule has 0 spiro atoms. The number of carbonyl (C=O) groups is 3. The molecule has 180 valence electrons. The van der Waals surface area contributed by atoms with E-state index in [1.807, 2.05) is 4.90 Å². The van der Waals surface area contributed by atoms with Crippen LogP contribution in [0.5, 0.6) is 0 Å². The third-order valence-electron chi connectivity index (χ3n) is 6.03. The molecule has 1 aromatic carbocycles. The zero-order valence-electron chi connectivity index (χ0n) is 18.9. The van der Waals surface area contributed by atoms with Crippen LogP contribution in [0.15, 0.2) is 30.1 Å². The molecule has 1 saturated heterocycles. The number of halogens is 1. The predicted octanol–water partition coefficient (Wildman–Crippen LogP) is 0.199. The first kappa shape index (κ1) is 24.3. The largest absolute Gasteiger partial charge is 0.465 e. The molecule has 2 amide bonds. The number of anilines is 1. The van der Waals surface area contributed by atoms with Gasteiger partial charge in [0.05, 0.1) is 12.8 Å². The molecule has 0 unspecified atom stereocenters. The summed E-state index contributed by atoms with van der Waals surface area (Å²) in [4.78, 5) is 38.9. The Bertz CT molecular complexity index is 939. The van der Waals surface area contributed by atoms with E-state index in [4.69, 9.17) is 16.3 Å². The lowest BCUT2D eigenvalue weighted by molar-refractivity contribution is -0.128. The van der Waals surface area contributed by atoms with Crippen LogP contribution in [0.1, 0.15) is 36.0 Å². The van der Waals surface area contributed by atoms with Crippen LogP contribution in [0.4, 0.5) is 10.1 Å². The number of nitrogens with two attached hydrogens (primary N) is 2. The van der Waals surface area contributed by atoms with E-state index in [0.717, 1.165) is 12.8 Å². The minimum Gasteiger partial charge on any atom is -0.465 e. The summed E-state index contributed by atoms with van der Waals surface area (Å²) in [6.45, 7) is 1.70. The summed E-state index contributed by atoms with van der Waals surface area (Å²) in [5.41, 5.74) is 5.14. The number of benzene rings is 1. The fourth-order valence-electron chi connectivity index (χ4n) is 3.97. The van der Waals surface area contributed by atoms with Gasteiger partial charge in [-0.3, -0.25) is 9.59 Å². The Morgan fingerprint density at radius 2 is 1.97 bits per heavy atom. The molecule has 3 rings (SSSR count). The lowest BCUT2D eigenvalue weighted by Gasteiger charge is -2.34. The van der Waals surface area contributed by atoms with Gasteiger partial charge in [0.2, 0.25) is 5.91 Å². The average molecular weight is 463 g/mol. The number of hydrogen-bond acceptors (Lipinski definition) is 8. The van der Waals surface area contributed by atoms with Crippen molar-refractivity contribution >= 4 is 23.5 Å². The minimum absolute atomic E-state index is 0.0627. The lowest BCUT2D eigenvalue weighted by atomic mass is 9.95. The summed E-state index contributed by atoms with van der Waals surface area (Å²) in [5.74, 6) is 3.60. The number of hydrogen-bond donors (Lipinski definition) is 4. The molecule has 33 heavy (non-hydrogen) atoms. The summed E-state index contributed by atoms with van der Waals surface area (Å²) >= 11 is 0. The quantitative estimate of drug-likeness (QED) is 0.186. The van der Waals surface area contributed by atoms with Crippen LogP contribution in [-0.2, 0) is 14.3 Å². The molecule has 1 saturated carbocycles. The zero-order chi connectivity index (χ0) is 24.2. The number of carbonyl (C=O) groups excluding carboxylic acids is 3. The maximum Gasteiger partial charge on any atom is 0.342 e. The molecule has 1 heterocycles. The SMILES string of the molecule is COC(=O)c1c(F)cccc1N1CCC(CNC(=O)C2(NC(=O)/C(N)=C/N(C)N)CC2)CC1. The number of ether oxygens (including phenoxy) is 1. The van der Waals surface area contributed by atoms with E-state index in [2.05, 4.69) is 10.6 Å². The van der Waals surface area contributed by atoms with E-state index in [1.54, 1.807) is 12.1 Å². The Hall–Kier alpha value is -3.34. The molecule has 1 aromatic rings. The van der Waals surface area contributed by atoms with Gasteiger partial charge in [0, 0.05) is 32.9 Å². The van der Waals surface area contributed by atoms with Gasteiger partial charge >= 0.3 is 5.97 Å². The Morgan fingerprint density at radius 3 is 2.55 bits per heavy atom. The number of piperidine rings is 1. The summed E-state index contributed by atoms with van der Waals surface area (Å²) in [7, 11) is 2.76. The molecule has 10 nitrogen and oxygen atoms in total. The van der Waals surface area contributed by atoms with Crippen LogP contribution in [0.3, 0.4) is 0 Å². The monoisotopic (exact) mass is 462 g/mol. The van der Waals surface area contributed by atoms with E-state index < -0.39 is 23.2 Å². The van der Waals surface area contributed by atoms with Crippen molar-refractivity contribution in [1.29, 1.82) is 0 Å². The van der Waals surface area contributed by atoms with Gasteiger partial charge in [-0.2, -0.15) is 0 Å². The average Bonchev–Trinajstić information content (AvgIpc) is 3.57. The summed E-state index contributed by atoms with van der Waals surface area (Å²) < 4.78 is 19.0. The van der Waals surface area contributed by atoms with E-state index >= 15 is 0 Å². The lowest BCUT2D eigenvalue weighted by Crippen LogP contribution is -2.51. The van der Waals surface area contributed by atoms with Crippen LogP contribution in [0.25, 0.3) is 0 Å². The van der Waals surface area contributed by atoms with Gasteiger partial charge in [-0.15, -0.1) is 0 Å². The summed E-state index contributed by atoms with van der Waals surface area (Å²) in [6, 6.07) is 4.52. The Morgan fingerprint density at radius 1 is 1.30 bits per heavy atom. The van der Waals surface area contributed by atoms with E-state index in [0.29, 0.717) is 38.2 Å². The van der Waals surface area contributed by atoms with Gasteiger partial charge in [0.1, 0.15) is 22.6 Å². The van der Waals surface area contributed by atoms with Crippen LogP contribution < -0.4 is 27.1 Å². The molecule has 0 atom stereocenters. The number of hydrazine groups is 1. The molecule has 1 aliphatic carbocycles. The smallest absolute Gasteiger partial charge is 0.342 e. The van der Waals surface area contributed by atoms with Crippen LogP contribution in [-0.4, -0.2) is 62.1 Å². The highest BCUT2D eigenvalue weighted by Gasteiger charge is 2.51. The second-order valence-corrected chi connectivity index (χ2v) is 8.55. The Kier molecular flexibility index (Phi) is 7.42. The number of rotatable bonds is 8. The molecular formula is C22H31FN6O4. The van der Waals surface area contributed by atoms with Crippen molar-refractivity contribution in [3.8, 4) is 0 Å². The predicted molar refractivity (Wildman–Crippen MR) is 120 cm³/mol. The first-order chi connectivity index (χ1) is 15.7. The summed E-state index contributed by atoms with van der Waals surface area (Å²) in [6.07, 6.45) is 3.89. The summed E-state index contributed by atoms with van der Waals surface area (Å²) in [5, 5.41) is 6.81. The van der Waals surface area contributed by atoms with E-state index in [1.165, 1.54) is 31.4 Å². The normalized spacial score (nSPS) is 17.8. The molecule has 2 fully saturated rings. The van der Waals surface area contributed by atoms with Gasteiger partial charge in [-0.05, 0) is 43.7 Å². The highest BCUT2D eigenvalue weighted by atomic mass is 19.1. The van der Waals surface area contributed by atoms with Crippen LogP contribution in [0, 0.1) is 11.7 Å². The van der Waals surface area contributed by atoms with Crippen LogP contribution in [0.2, 0.25) is 0 Å². The molecular weight excluding hydrogens is 431 g/mol. The minimum atomic E-state index is -0.930. The third-order valence-corrected chi connectivity index (χ3v) is 6.03. The van der Waals surface area contributed by atoms with Crippen molar-refractivity contribution in [1.82, 2.24) is 15.6 Å². The maximum atomic E-state index is 14.2. The number of esters is 1. The topological polar surface area (TPSA) is 143 Å². The van der Waals surface area contributed by atoms with Crippen molar-refractivity contribution in [2.45, 2.75) is 31.2 Å². The van der Waals surface area contributed by atoms with Gasteiger partial charge in [0.15, 0.2) is 0 Å². The Labute approximate surface area is 192 Å². The number of amides is 2. The molecule has 0 aromatic heterocycles. The number of nitrogens with one attached hydrogen (secondary N) is 2. The Balaban J connectivity index is 1.52. The van der Waals surface area contributed by atoms with E-state index in [9.17, 15) is 18.8 Å². The number of methoxy groups -OCH3 is 1. The molecule has 0 bridgehead atoms. The fraction of sp³-hybridized carbons (Fsp3) is 0.500. The van der Waals surface area contributed by atoms with Gasteiger partial charge in [0.25, 0.3) is 5.91 Å². The molecule has 0 radical (unpaired) electrons. The van der Waals surface area contributed by atoms with Gasteiger partial charge < -0.3 is 31.0 Å². The van der Waals surface area contributed by atoms with Crippen molar-refractivity contribution < 1.29 is 23.5 Å². The van der Waals surface area contributed by atoms with Crippen LogP contribution >= 0.6 is 0 Å². The first-order valence-corrected chi connectivity index (χ1v) is 10.8. The number of nitrogens with zero attached hydrogens (tertiary/aromatic N) is 2. The second-order valence-electron chi connectivity index (χ2n) is 8.55. The van der Waals surface area contributed by atoms with Crippen molar-refractivity contribution in [3.63, 3.8) is 0 Å². The molecule has 1 aliphatic heterocycles. The fourth-order valence-corrected chi connectivity index (χ4v) is 3.97. The van der Waals surface area contributed by atoms with Gasteiger partial charge in [-0.25, -0.2) is 15.0 Å². The first-order valence-electron chi connectivity index (χ1n) is 10.8. The van der Waals surface area contributed by atoms with Crippen molar-refractivity contribution in [3.05, 3.63) is 41.5 Å². The maximum absolute atomic E-state index is 14.2. The molecule has 11 heteroatoms. The zero-order valence-corrected chi connectivity index (χ0v) is 18.9. The molecule has 2 aliphatic rings.